The Balaban J connectivity index is 1.64. The molecule has 3 aromatic carbocycles. The maximum absolute atomic E-state index is 12.4. The Morgan fingerprint density at radius 1 is 1.03 bits per heavy atom. The third-order valence-corrected chi connectivity index (χ3v) is 5.95. The van der Waals surface area contributed by atoms with E-state index in [4.69, 9.17) is 27.4 Å². The van der Waals surface area contributed by atoms with Gasteiger partial charge in [-0.1, -0.05) is 29.3 Å². The maximum atomic E-state index is 12.4. The third kappa shape index (κ3) is 5.82. The van der Waals surface area contributed by atoms with Gasteiger partial charge in [0.05, 0.1) is 21.2 Å². The largest absolute Gasteiger partial charge is 0.379 e. The number of nitro groups is 1. The van der Waals surface area contributed by atoms with Crippen LogP contribution in [0.1, 0.15) is 15.9 Å². The van der Waals surface area contributed by atoms with Gasteiger partial charge in [-0.15, -0.1) is 0 Å². The number of nitro benzene ring substituents is 1. The lowest BCUT2D eigenvalue weighted by Gasteiger charge is -2.07. The quantitative estimate of drug-likeness (QED) is 0.224. The molecule has 0 spiro atoms. The summed E-state index contributed by atoms with van der Waals surface area (Å²) in [6, 6.07) is 14.7. The minimum atomic E-state index is -4.26. The van der Waals surface area contributed by atoms with Gasteiger partial charge in [-0.25, -0.2) is 5.43 Å². The second kappa shape index (κ2) is 9.77. The van der Waals surface area contributed by atoms with E-state index in [0.717, 1.165) is 6.07 Å². The molecule has 3 rings (SSSR count). The van der Waals surface area contributed by atoms with Crippen LogP contribution in [-0.2, 0) is 10.1 Å². The van der Waals surface area contributed by atoms with Gasteiger partial charge in [-0.2, -0.15) is 13.5 Å². The first-order valence-electron chi connectivity index (χ1n) is 8.73. The smallest absolute Gasteiger partial charge is 0.339 e. The normalized spacial score (nSPS) is 11.3. The van der Waals surface area contributed by atoms with E-state index in [1.54, 1.807) is 0 Å². The predicted octanol–water partition coefficient (Wildman–Crippen LogP) is 4.43. The number of hydrogen-bond donors (Lipinski definition) is 1. The monoisotopic (exact) mass is 493 g/mol. The first-order valence-corrected chi connectivity index (χ1v) is 10.9. The zero-order valence-electron chi connectivity index (χ0n) is 15.9. The third-order valence-electron chi connectivity index (χ3n) is 3.96. The minimum Gasteiger partial charge on any atom is -0.379 e. The highest BCUT2D eigenvalue weighted by atomic mass is 35.5. The molecule has 164 valence electrons. The lowest BCUT2D eigenvalue weighted by atomic mass is 10.2. The van der Waals surface area contributed by atoms with Gasteiger partial charge < -0.3 is 4.18 Å². The molecule has 0 saturated heterocycles. The van der Waals surface area contributed by atoms with Gasteiger partial charge in [-0.3, -0.25) is 14.9 Å². The number of halogens is 2. The molecule has 0 radical (unpaired) electrons. The van der Waals surface area contributed by atoms with Crippen molar-refractivity contribution in [1.29, 1.82) is 0 Å². The van der Waals surface area contributed by atoms with Crippen LogP contribution in [0.15, 0.2) is 76.7 Å². The summed E-state index contributed by atoms with van der Waals surface area (Å²) in [5.74, 6) is -0.503. The van der Waals surface area contributed by atoms with Crippen LogP contribution < -0.4 is 9.61 Å². The highest BCUT2D eigenvalue weighted by Gasteiger charge is 2.19. The zero-order chi connectivity index (χ0) is 23.3. The number of benzene rings is 3. The highest BCUT2D eigenvalue weighted by molar-refractivity contribution is 7.87. The molecule has 9 nitrogen and oxygen atoms in total. The van der Waals surface area contributed by atoms with Crippen LogP contribution in [0.5, 0.6) is 5.75 Å². The summed E-state index contributed by atoms with van der Waals surface area (Å²) in [5, 5.41) is 15.2. The number of hydrogen-bond acceptors (Lipinski definition) is 7. The lowest BCUT2D eigenvalue weighted by molar-refractivity contribution is -0.385. The van der Waals surface area contributed by atoms with Crippen LogP contribution in [0.2, 0.25) is 10.0 Å². The summed E-state index contributed by atoms with van der Waals surface area (Å²) >= 11 is 11.7. The van der Waals surface area contributed by atoms with E-state index in [-0.39, 0.29) is 26.9 Å². The van der Waals surface area contributed by atoms with Crippen LogP contribution in [0.25, 0.3) is 0 Å². The number of hydrazone groups is 1. The summed E-state index contributed by atoms with van der Waals surface area (Å²) in [7, 11) is -4.26. The van der Waals surface area contributed by atoms with Crippen LogP contribution in [0, 0.1) is 10.1 Å². The Bertz CT molecular complexity index is 1310. The second-order valence-electron chi connectivity index (χ2n) is 6.19. The molecular weight excluding hydrogens is 481 g/mol. The van der Waals surface area contributed by atoms with Crippen molar-refractivity contribution in [3.63, 3.8) is 0 Å². The molecule has 0 aromatic heterocycles. The molecule has 0 aliphatic rings. The van der Waals surface area contributed by atoms with Crippen LogP contribution in [0.4, 0.5) is 5.69 Å². The molecule has 0 saturated carbocycles. The Labute approximate surface area is 192 Å². The molecule has 3 aromatic rings. The fourth-order valence-corrected chi connectivity index (χ4v) is 3.67. The molecule has 0 fully saturated rings. The number of non-ortho nitro benzene ring substituents is 1. The van der Waals surface area contributed by atoms with E-state index in [9.17, 15) is 23.3 Å². The van der Waals surface area contributed by atoms with Gasteiger partial charge in [0.1, 0.15) is 10.6 Å². The Morgan fingerprint density at radius 3 is 2.41 bits per heavy atom. The standard InChI is InChI=1S/C20H13Cl2N3O6S/c21-18-9-6-14(10-19(18)22)20(26)24-23-12-13-4-7-16(8-5-13)31-32(29,30)17-3-1-2-15(11-17)25(27)28/h1-12H,(H,24,26)/b23-12-. The molecule has 0 aliphatic heterocycles. The molecule has 1 N–H and O–H groups in total. The molecule has 0 atom stereocenters. The number of nitrogens with zero attached hydrogens (tertiary/aromatic N) is 2. The number of carbonyl (C=O) groups is 1. The topological polar surface area (TPSA) is 128 Å². The SMILES string of the molecule is O=C(N/N=C\c1ccc(OS(=O)(=O)c2cccc([N+](=O)[O-])c2)cc1)c1ccc(Cl)c(Cl)c1. The van der Waals surface area contributed by atoms with Crippen molar-refractivity contribution in [3.8, 4) is 5.75 Å². The van der Waals surface area contributed by atoms with Crippen molar-refractivity contribution in [2.24, 2.45) is 5.10 Å². The molecule has 12 heteroatoms. The van der Waals surface area contributed by atoms with Crippen molar-refractivity contribution in [2.45, 2.75) is 4.90 Å². The average Bonchev–Trinajstić information content (AvgIpc) is 2.76. The Morgan fingerprint density at radius 2 is 1.75 bits per heavy atom. The van der Waals surface area contributed by atoms with Crippen molar-refractivity contribution >= 4 is 51.1 Å². The van der Waals surface area contributed by atoms with E-state index in [2.05, 4.69) is 10.5 Å². The van der Waals surface area contributed by atoms with E-state index in [1.807, 2.05) is 0 Å². The fourth-order valence-electron chi connectivity index (χ4n) is 2.40. The van der Waals surface area contributed by atoms with E-state index < -0.39 is 20.9 Å². The minimum absolute atomic E-state index is 0.00602. The summed E-state index contributed by atoms with van der Waals surface area (Å²) in [6.45, 7) is 0. The molecule has 0 aliphatic carbocycles. The molecule has 0 bridgehead atoms. The molecule has 1 amide bonds. The highest BCUT2D eigenvalue weighted by Crippen LogP contribution is 2.23. The first kappa shape index (κ1) is 23.2. The lowest BCUT2D eigenvalue weighted by Crippen LogP contribution is -2.17. The van der Waals surface area contributed by atoms with Crippen molar-refractivity contribution in [2.75, 3.05) is 0 Å². The van der Waals surface area contributed by atoms with Gasteiger partial charge >= 0.3 is 10.1 Å². The molecule has 0 unspecified atom stereocenters. The van der Waals surface area contributed by atoms with Crippen molar-refractivity contribution in [3.05, 3.63) is 98.0 Å². The van der Waals surface area contributed by atoms with E-state index in [1.165, 1.54) is 66.9 Å². The number of nitrogens with one attached hydrogen (secondary N) is 1. The predicted molar refractivity (Wildman–Crippen MR) is 119 cm³/mol. The molecule has 0 heterocycles. The molecule has 32 heavy (non-hydrogen) atoms. The summed E-state index contributed by atoms with van der Waals surface area (Å²) in [6.07, 6.45) is 1.34. The van der Waals surface area contributed by atoms with Gasteiger partial charge in [0.2, 0.25) is 0 Å². The van der Waals surface area contributed by atoms with Crippen LogP contribution in [-0.4, -0.2) is 25.5 Å². The molecular formula is C20H13Cl2N3O6S. The first-order chi connectivity index (χ1) is 15.2. The summed E-state index contributed by atoms with van der Waals surface area (Å²) in [5.41, 5.74) is 2.77. The Kier molecular flexibility index (Phi) is 7.08. The van der Waals surface area contributed by atoms with Gasteiger partial charge in [0.25, 0.3) is 11.6 Å². The average molecular weight is 494 g/mol. The summed E-state index contributed by atoms with van der Waals surface area (Å²) in [4.78, 5) is 21.8. The van der Waals surface area contributed by atoms with Crippen LogP contribution >= 0.6 is 23.2 Å². The summed E-state index contributed by atoms with van der Waals surface area (Å²) < 4.78 is 29.7. The Hall–Kier alpha value is -3.47. The van der Waals surface area contributed by atoms with E-state index in [0.29, 0.717) is 10.6 Å². The van der Waals surface area contributed by atoms with Gasteiger partial charge in [0, 0.05) is 17.7 Å². The number of carbonyl (C=O) groups excluding carboxylic acids is 1. The van der Waals surface area contributed by atoms with Crippen molar-refractivity contribution < 1.29 is 22.3 Å². The second-order valence-corrected chi connectivity index (χ2v) is 8.55. The van der Waals surface area contributed by atoms with Crippen molar-refractivity contribution in [1.82, 2.24) is 5.43 Å². The maximum Gasteiger partial charge on any atom is 0.339 e. The van der Waals surface area contributed by atoms with Gasteiger partial charge in [0.15, 0.2) is 0 Å². The van der Waals surface area contributed by atoms with E-state index >= 15 is 0 Å². The van der Waals surface area contributed by atoms with Crippen LogP contribution in [0.3, 0.4) is 0 Å². The number of amides is 1. The fraction of sp³-hybridized carbons (Fsp3) is 0. The zero-order valence-corrected chi connectivity index (χ0v) is 18.3. The van der Waals surface area contributed by atoms with Gasteiger partial charge in [-0.05, 0) is 54.1 Å². The number of rotatable bonds is 7.